The molecule has 0 bridgehead atoms. The van der Waals surface area contributed by atoms with Crippen LogP contribution >= 0.6 is 0 Å². The molecule has 0 aliphatic heterocycles. The maximum atomic E-state index is 2.47. The van der Waals surface area contributed by atoms with Gasteiger partial charge in [-0.3, -0.25) is 0 Å². The van der Waals surface area contributed by atoms with Crippen LogP contribution in [0, 0.1) is 0 Å². The predicted octanol–water partition coefficient (Wildman–Crippen LogP) is 3.62. The standard InChI is InChI=1S/C10H24N2.2C2H5.Zn/c1-5-11(6-2)9-10-12(7-3)8-4;2*1-2;/h5-10H2,1-4H3;2*1H2,2H3;. The molecular weight excluding hydrogens is 262 g/mol. The van der Waals surface area contributed by atoms with E-state index < -0.39 is 0 Å². The molecule has 2 nitrogen and oxygen atoms in total. The molecule has 0 saturated heterocycles. The Morgan fingerprint density at radius 3 is 1.00 bits per heavy atom. The molecule has 0 aliphatic carbocycles. The van der Waals surface area contributed by atoms with Crippen molar-refractivity contribution in [3.05, 3.63) is 0 Å². The summed E-state index contributed by atoms with van der Waals surface area (Å²) in [6.07, 6.45) is 0. The summed E-state index contributed by atoms with van der Waals surface area (Å²) in [5.41, 5.74) is 0. The van der Waals surface area contributed by atoms with E-state index in [1.165, 1.54) is 49.3 Å². The zero-order chi connectivity index (χ0) is 13.5. The van der Waals surface area contributed by atoms with E-state index in [1.807, 2.05) is 0 Å². The van der Waals surface area contributed by atoms with Crippen LogP contribution in [-0.2, 0) is 17.1 Å². The van der Waals surface area contributed by atoms with Gasteiger partial charge in [0.15, 0.2) is 0 Å². The van der Waals surface area contributed by atoms with E-state index in [2.05, 4.69) is 51.3 Å². The molecule has 0 saturated carbocycles. The number of likely N-dealkylation sites (N-methyl/N-ethyl adjacent to an activating group) is 2. The van der Waals surface area contributed by atoms with Gasteiger partial charge in [-0.25, -0.2) is 0 Å². The molecule has 17 heavy (non-hydrogen) atoms. The molecule has 0 aliphatic rings. The monoisotopic (exact) mass is 294 g/mol. The molecular formula is C14H34N2Zn. The second-order valence-corrected chi connectivity index (χ2v) is 10.1. The molecule has 0 aromatic carbocycles. The van der Waals surface area contributed by atoms with Crippen molar-refractivity contribution in [2.24, 2.45) is 0 Å². The van der Waals surface area contributed by atoms with Crippen molar-refractivity contribution in [3.8, 4) is 0 Å². The predicted molar refractivity (Wildman–Crippen MR) is 76.5 cm³/mol. The Balaban J connectivity index is 0. The van der Waals surface area contributed by atoms with Gasteiger partial charge in [0, 0.05) is 13.1 Å². The molecule has 0 unspecified atom stereocenters. The fraction of sp³-hybridized carbons (Fsp3) is 1.00. The van der Waals surface area contributed by atoms with Crippen LogP contribution in [0.3, 0.4) is 0 Å². The molecule has 102 valence electrons. The Morgan fingerprint density at radius 1 is 0.588 bits per heavy atom. The normalized spacial score (nSPS) is 10.1. The van der Waals surface area contributed by atoms with Crippen molar-refractivity contribution < 1.29 is 17.1 Å². The zero-order valence-corrected chi connectivity index (χ0v) is 16.2. The molecule has 0 amide bonds. The molecule has 0 spiro atoms. The summed E-state index contributed by atoms with van der Waals surface area (Å²) in [4.78, 5) is 4.94. The Morgan fingerprint density at radius 2 is 0.882 bits per heavy atom. The summed E-state index contributed by atoms with van der Waals surface area (Å²) < 4.78 is 0. The Bertz CT molecular complexity index is 109. The molecule has 0 aromatic heterocycles. The van der Waals surface area contributed by atoms with Crippen molar-refractivity contribution >= 4 is 0 Å². The van der Waals surface area contributed by atoms with Crippen LogP contribution in [-0.4, -0.2) is 49.1 Å². The average Bonchev–Trinajstić information content (AvgIpc) is 2.37. The van der Waals surface area contributed by atoms with Gasteiger partial charge in [0.25, 0.3) is 0 Å². The number of hydrogen-bond acceptors (Lipinski definition) is 2. The molecule has 0 aromatic rings. The Kier molecular flexibility index (Phi) is 19.3. The van der Waals surface area contributed by atoms with Gasteiger partial charge >= 0.3 is 41.0 Å². The van der Waals surface area contributed by atoms with E-state index >= 15 is 0 Å². The third-order valence-corrected chi connectivity index (χ3v) is 6.20. The van der Waals surface area contributed by atoms with Crippen molar-refractivity contribution in [2.45, 2.75) is 51.6 Å². The van der Waals surface area contributed by atoms with Crippen LogP contribution < -0.4 is 0 Å². The maximum absolute atomic E-state index is 2.47. The first kappa shape index (κ1) is 19.9. The fourth-order valence-electron chi connectivity index (χ4n) is 1.72. The van der Waals surface area contributed by atoms with Gasteiger partial charge in [0.05, 0.1) is 0 Å². The van der Waals surface area contributed by atoms with E-state index in [-0.39, 0.29) is 17.1 Å². The van der Waals surface area contributed by atoms with Gasteiger partial charge in [-0.15, -0.1) is 0 Å². The minimum absolute atomic E-state index is 0.0972. The Labute approximate surface area is 118 Å². The van der Waals surface area contributed by atoms with Crippen LogP contribution in [0.15, 0.2) is 0 Å². The zero-order valence-electron chi connectivity index (χ0n) is 13.3. The SMILES string of the molecule is CCN(CC)CCN(CC)CC.C[CH2][Zn][CH2]C. The number of hydrogen-bond donors (Lipinski definition) is 0. The van der Waals surface area contributed by atoms with Crippen LogP contribution in [0.4, 0.5) is 0 Å². The van der Waals surface area contributed by atoms with Gasteiger partial charge < -0.3 is 9.80 Å². The van der Waals surface area contributed by atoms with Crippen molar-refractivity contribution in [2.75, 3.05) is 39.3 Å². The van der Waals surface area contributed by atoms with Gasteiger partial charge in [-0.05, 0) is 26.2 Å². The molecule has 0 heterocycles. The topological polar surface area (TPSA) is 6.48 Å². The van der Waals surface area contributed by atoms with E-state index in [0.29, 0.717) is 0 Å². The molecule has 0 N–H and O–H groups in total. The van der Waals surface area contributed by atoms with E-state index in [4.69, 9.17) is 0 Å². The second-order valence-electron chi connectivity index (χ2n) is 4.41. The second kappa shape index (κ2) is 16.5. The third-order valence-electron chi connectivity index (χ3n) is 3.23. The molecule has 0 fully saturated rings. The van der Waals surface area contributed by atoms with Gasteiger partial charge in [-0.2, -0.15) is 0 Å². The number of nitrogens with zero attached hydrogens (tertiary/aromatic N) is 2. The first-order valence-corrected chi connectivity index (χ1v) is 11.8. The molecule has 0 radical (unpaired) electrons. The minimum atomic E-state index is 0.0972. The van der Waals surface area contributed by atoms with Crippen molar-refractivity contribution in [1.29, 1.82) is 0 Å². The Hall–Kier alpha value is 0.543. The van der Waals surface area contributed by atoms with Gasteiger partial charge in [0.2, 0.25) is 0 Å². The van der Waals surface area contributed by atoms with E-state index in [9.17, 15) is 0 Å². The van der Waals surface area contributed by atoms with Crippen LogP contribution in [0.25, 0.3) is 0 Å². The summed E-state index contributed by atoms with van der Waals surface area (Å²) >= 11 is 0.0972. The first-order valence-electron chi connectivity index (χ1n) is 7.64. The summed E-state index contributed by atoms with van der Waals surface area (Å²) in [7, 11) is 0. The summed E-state index contributed by atoms with van der Waals surface area (Å²) in [6, 6.07) is 0. The van der Waals surface area contributed by atoms with E-state index in [1.54, 1.807) is 0 Å². The summed E-state index contributed by atoms with van der Waals surface area (Å²) in [5, 5.41) is 3.06. The van der Waals surface area contributed by atoms with Crippen LogP contribution in [0.1, 0.15) is 41.5 Å². The summed E-state index contributed by atoms with van der Waals surface area (Å²) in [6.45, 7) is 20.6. The van der Waals surface area contributed by atoms with Crippen LogP contribution in [0.5, 0.6) is 0 Å². The van der Waals surface area contributed by atoms with Crippen molar-refractivity contribution in [1.82, 2.24) is 9.80 Å². The van der Waals surface area contributed by atoms with Gasteiger partial charge in [-0.1, -0.05) is 27.7 Å². The van der Waals surface area contributed by atoms with Crippen LogP contribution in [0.2, 0.25) is 10.0 Å². The van der Waals surface area contributed by atoms with Crippen molar-refractivity contribution in [3.63, 3.8) is 0 Å². The average molecular weight is 296 g/mol. The molecule has 0 atom stereocenters. The summed E-state index contributed by atoms with van der Waals surface area (Å²) in [5.74, 6) is 0. The first-order chi connectivity index (χ1) is 8.19. The molecule has 3 heteroatoms. The van der Waals surface area contributed by atoms with E-state index in [0.717, 1.165) is 0 Å². The third kappa shape index (κ3) is 14.5. The number of rotatable bonds is 9. The fourth-order valence-corrected chi connectivity index (χ4v) is 3.20. The quantitative estimate of drug-likeness (QED) is 0.600. The van der Waals surface area contributed by atoms with Gasteiger partial charge in [0.1, 0.15) is 0 Å². The molecule has 0 rings (SSSR count).